The van der Waals surface area contributed by atoms with Crippen molar-refractivity contribution in [3.63, 3.8) is 0 Å². The fraction of sp³-hybridized carbons (Fsp3) is 0.333. The first-order valence-corrected chi connectivity index (χ1v) is 7.35. The first-order chi connectivity index (χ1) is 10.1. The van der Waals surface area contributed by atoms with Crippen LogP contribution in [0.3, 0.4) is 0 Å². The van der Waals surface area contributed by atoms with Gasteiger partial charge < -0.3 is 10.1 Å². The first kappa shape index (κ1) is 15.5. The number of benzene rings is 2. The van der Waals surface area contributed by atoms with E-state index in [9.17, 15) is 4.39 Å². The van der Waals surface area contributed by atoms with Crippen LogP contribution in [0.2, 0.25) is 0 Å². The third kappa shape index (κ3) is 5.20. The summed E-state index contributed by atoms with van der Waals surface area (Å²) in [7, 11) is 0. The van der Waals surface area contributed by atoms with Crippen molar-refractivity contribution in [2.45, 2.75) is 32.9 Å². The lowest BCUT2D eigenvalue weighted by Crippen LogP contribution is -2.17. The van der Waals surface area contributed by atoms with Crippen molar-refractivity contribution in [3.8, 4) is 5.75 Å². The van der Waals surface area contributed by atoms with Crippen LogP contribution in [-0.4, -0.2) is 12.6 Å². The van der Waals surface area contributed by atoms with Gasteiger partial charge in [-0.2, -0.15) is 0 Å². The Bertz CT molecular complexity index is 551. The van der Waals surface area contributed by atoms with Crippen LogP contribution in [0.4, 0.5) is 4.39 Å². The quantitative estimate of drug-likeness (QED) is 0.779. The van der Waals surface area contributed by atoms with E-state index in [0.29, 0.717) is 6.42 Å². The second-order valence-corrected chi connectivity index (χ2v) is 5.33. The van der Waals surface area contributed by atoms with Crippen molar-refractivity contribution < 1.29 is 9.13 Å². The molecule has 21 heavy (non-hydrogen) atoms. The van der Waals surface area contributed by atoms with Gasteiger partial charge in [0.25, 0.3) is 0 Å². The molecule has 0 bridgehead atoms. The van der Waals surface area contributed by atoms with Crippen LogP contribution >= 0.6 is 0 Å². The van der Waals surface area contributed by atoms with E-state index in [1.54, 1.807) is 6.07 Å². The van der Waals surface area contributed by atoms with Crippen molar-refractivity contribution >= 4 is 0 Å². The summed E-state index contributed by atoms with van der Waals surface area (Å²) in [6.45, 7) is 5.55. The van der Waals surface area contributed by atoms with Gasteiger partial charge in [-0.1, -0.05) is 30.3 Å². The van der Waals surface area contributed by atoms with E-state index in [4.69, 9.17) is 4.74 Å². The molecule has 0 aromatic heterocycles. The topological polar surface area (TPSA) is 21.3 Å². The normalized spacial score (nSPS) is 10.9. The first-order valence-electron chi connectivity index (χ1n) is 7.35. The predicted molar refractivity (Wildman–Crippen MR) is 84.0 cm³/mol. The maximum absolute atomic E-state index is 13.4. The molecule has 0 aliphatic carbocycles. The molecule has 0 saturated heterocycles. The van der Waals surface area contributed by atoms with Gasteiger partial charge in [-0.15, -0.1) is 0 Å². The molecule has 2 aromatic rings. The second kappa shape index (κ2) is 7.79. The SMILES string of the molecule is CC(C)Oc1ccc(CNCCc2ccccc2F)cc1. The molecule has 0 amide bonds. The molecule has 0 aliphatic heterocycles. The van der Waals surface area contributed by atoms with Crippen LogP contribution in [0.5, 0.6) is 5.75 Å². The lowest BCUT2D eigenvalue weighted by atomic mass is 10.1. The molecule has 0 aliphatic rings. The van der Waals surface area contributed by atoms with E-state index in [0.717, 1.165) is 24.4 Å². The van der Waals surface area contributed by atoms with Crippen LogP contribution in [0.15, 0.2) is 48.5 Å². The molecular formula is C18H22FNO. The third-order valence-electron chi connectivity index (χ3n) is 3.15. The van der Waals surface area contributed by atoms with E-state index in [1.165, 1.54) is 11.6 Å². The summed E-state index contributed by atoms with van der Waals surface area (Å²) in [4.78, 5) is 0. The Kier molecular flexibility index (Phi) is 5.76. The molecule has 0 radical (unpaired) electrons. The molecule has 0 saturated carbocycles. The van der Waals surface area contributed by atoms with Crippen molar-refractivity contribution in [3.05, 3.63) is 65.5 Å². The summed E-state index contributed by atoms with van der Waals surface area (Å²) in [5, 5.41) is 3.33. The van der Waals surface area contributed by atoms with Crippen molar-refractivity contribution in [1.82, 2.24) is 5.32 Å². The highest BCUT2D eigenvalue weighted by atomic mass is 19.1. The van der Waals surface area contributed by atoms with Gasteiger partial charge in [0.05, 0.1) is 6.10 Å². The molecule has 0 unspecified atom stereocenters. The van der Waals surface area contributed by atoms with Crippen LogP contribution in [0, 0.1) is 5.82 Å². The summed E-state index contributed by atoms with van der Waals surface area (Å²) in [6.07, 6.45) is 0.885. The van der Waals surface area contributed by atoms with E-state index >= 15 is 0 Å². The van der Waals surface area contributed by atoms with E-state index < -0.39 is 0 Å². The minimum Gasteiger partial charge on any atom is -0.491 e. The van der Waals surface area contributed by atoms with Crippen LogP contribution < -0.4 is 10.1 Å². The van der Waals surface area contributed by atoms with Gasteiger partial charge in [0.2, 0.25) is 0 Å². The molecule has 0 spiro atoms. The van der Waals surface area contributed by atoms with Crippen molar-refractivity contribution in [1.29, 1.82) is 0 Å². The monoisotopic (exact) mass is 287 g/mol. The minimum absolute atomic E-state index is 0.130. The lowest BCUT2D eigenvalue weighted by Gasteiger charge is -2.10. The molecule has 2 aromatic carbocycles. The van der Waals surface area contributed by atoms with Gasteiger partial charge in [-0.3, -0.25) is 0 Å². The number of ether oxygens (including phenoxy) is 1. The highest BCUT2D eigenvalue weighted by Gasteiger charge is 2.01. The van der Waals surface area contributed by atoms with Crippen LogP contribution in [-0.2, 0) is 13.0 Å². The third-order valence-corrected chi connectivity index (χ3v) is 3.15. The van der Waals surface area contributed by atoms with Gasteiger partial charge in [0, 0.05) is 6.54 Å². The van der Waals surface area contributed by atoms with Gasteiger partial charge in [0.1, 0.15) is 11.6 Å². The molecule has 0 heterocycles. The molecule has 2 nitrogen and oxygen atoms in total. The minimum atomic E-state index is -0.130. The Morgan fingerprint density at radius 3 is 2.43 bits per heavy atom. The molecule has 0 atom stereocenters. The fourth-order valence-electron chi connectivity index (χ4n) is 2.11. The van der Waals surface area contributed by atoms with E-state index in [-0.39, 0.29) is 11.9 Å². The molecule has 2 rings (SSSR count). The standard InChI is InChI=1S/C18H22FNO/c1-14(2)21-17-9-7-15(8-10-17)13-20-12-11-16-5-3-4-6-18(16)19/h3-10,14,20H,11-13H2,1-2H3. The average molecular weight is 287 g/mol. The summed E-state index contributed by atoms with van der Waals surface area (Å²) >= 11 is 0. The van der Waals surface area contributed by atoms with Crippen molar-refractivity contribution in [2.75, 3.05) is 6.54 Å². The number of hydrogen-bond acceptors (Lipinski definition) is 2. The summed E-state index contributed by atoms with van der Waals surface area (Å²) < 4.78 is 19.1. The van der Waals surface area contributed by atoms with Crippen LogP contribution in [0.1, 0.15) is 25.0 Å². The van der Waals surface area contributed by atoms with E-state index in [1.807, 2.05) is 50.2 Å². The summed E-state index contributed by atoms with van der Waals surface area (Å²) in [6, 6.07) is 15.0. The Hall–Kier alpha value is -1.87. The fourth-order valence-corrected chi connectivity index (χ4v) is 2.11. The largest absolute Gasteiger partial charge is 0.491 e. The van der Waals surface area contributed by atoms with Gasteiger partial charge in [0.15, 0.2) is 0 Å². The van der Waals surface area contributed by atoms with E-state index in [2.05, 4.69) is 5.32 Å². The van der Waals surface area contributed by atoms with Gasteiger partial charge >= 0.3 is 0 Å². The molecular weight excluding hydrogens is 265 g/mol. The molecule has 1 N–H and O–H groups in total. The van der Waals surface area contributed by atoms with Crippen LogP contribution in [0.25, 0.3) is 0 Å². The molecule has 3 heteroatoms. The summed E-state index contributed by atoms with van der Waals surface area (Å²) in [5.74, 6) is 0.759. The van der Waals surface area contributed by atoms with Gasteiger partial charge in [-0.25, -0.2) is 4.39 Å². The highest BCUT2D eigenvalue weighted by molar-refractivity contribution is 5.27. The number of rotatable bonds is 7. The maximum atomic E-state index is 13.4. The Morgan fingerprint density at radius 1 is 1.05 bits per heavy atom. The number of nitrogens with one attached hydrogen (secondary N) is 1. The molecule has 0 fully saturated rings. The number of halogens is 1. The highest BCUT2D eigenvalue weighted by Crippen LogP contribution is 2.13. The zero-order chi connectivity index (χ0) is 15.1. The van der Waals surface area contributed by atoms with Crippen molar-refractivity contribution in [2.24, 2.45) is 0 Å². The average Bonchev–Trinajstić information content (AvgIpc) is 2.46. The zero-order valence-corrected chi connectivity index (χ0v) is 12.6. The Balaban J connectivity index is 1.75. The smallest absolute Gasteiger partial charge is 0.126 e. The predicted octanol–water partition coefficient (Wildman–Crippen LogP) is 3.95. The Labute approximate surface area is 126 Å². The van der Waals surface area contributed by atoms with Gasteiger partial charge in [-0.05, 0) is 56.1 Å². The number of hydrogen-bond donors (Lipinski definition) is 1. The zero-order valence-electron chi connectivity index (χ0n) is 12.6. The lowest BCUT2D eigenvalue weighted by molar-refractivity contribution is 0.242. The molecule has 112 valence electrons. The second-order valence-electron chi connectivity index (χ2n) is 5.33. The maximum Gasteiger partial charge on any atom is 0.126 e. The summed E-state index contributed by atoms with van der Waals surface area (Å²) in [5.41, 5.74) is 1.95. The Morgan fingerprint density at radius 2 is 1.76 bits per heavy atom.